The molecule has 1 fully saturated rings. The Balaban J connectivity index is 0.00000392. The number of aliphatic imine (C=N–C) groups is 1. The molecule has 1 aromatic carbocycles. The van der Waals surface area contributed by atoms with Crippen LogP contribution in [-0.4, -0.2) is 63.8 Å². The molecule has 0 amide bonds. The normalized spacial score (nSPS) is 16.0. The first-order chi connectivity index (χ1) is 13.1. The van der Waals surface area contributed by atoms with Gasteiger partial charge in [-0.15, -0.1) is 24.0 Å². The van der Waals surface area contributed by atoms with E-state index in [1.54, 1.807) is 7.11 Å². The van der Waals surface area contributed by atoms with Crippen LogP contribution in [0.2, 0.25) is 0 Å². The lowest BCUT2D eigenvalue weighted by Gasteiger charge is -2.33. The summed E-state index contributed by atoms with van der Waals surface area (Å²) in [6, 6.07) is 8.44. The second kappa shape index (κ2) is 14.0. The van der Waals surface area contributed by atoms with Gasteiger partial charge in [-0.25, -0.2) is 0 Å². The van der Waals surface area contributed by atoms with Crippen molar-refractivity contribution in [2.24, 2.45) is 10.9 Å². The first-order valence-electron chi connectivity index (χ1n) is 10.0. The molecule has 28 heavy (non-hydrogen) atoms. The number of guanidine groups is 1. The van der Waals surface area contributed by atoms with Crippen molar-refractivity contribution in [3.63, 3.8) is 0 Å². The van der Waals surface area contributed by atoms with Gasteiger partial charge in [-0.05, 0) is 24.8 Å². The molecular formula is C21H37IN4O2. The van der Waals surface area contributed by atoms with Gasteiger partial charge in [0.25, 0.3) is 0 Å². The third-order valence-electron chi connectivity index (χ3n) is 4.76. The summed E-state index contributed by atoms with van der Waals surface area (Å²) in [5.74, 6) is 2.46. The molecule has 0 aromatic heterocycles. The van der Waals surface area contributed by atoms with Crippen LogP contribution in [0.4, 0.5) is 0 Å². The zero-order valence-corrected chi connectivity index (χ0v) is 20.1. The maximum Gasteiger partial charge on any atom is 0.191 e. The van der Waals surface area contributed by atoms with Gasteiger partial charge in [0.15, 0.2) is 5.96 Å². The van der Waals surface area contributed by atoms with E-state index in [2.05, 4.69) is 34.4 Å². The van der Waals surface area contributed by atoms with E-state index < -0.39 is 0 Å². The zero-order valence-electron chi connectivity index (χ0n) is 17.7. The smallest absolute Gasteiger partial charge is 0.191 e. The maximum absolute atomic E-state index is 5.77. The summed E-state index contributed by atoms with van der Waals surface area (Å²) in [5, 5.41) is 6.89. The Labute approximate surface area is 187 Å². The van der Waals surface area contributed by atoms with Crippen molar-refractivity contribution in [1.82, 2.24) is 15.5 Å². The van der Waals surface area contributed by atoms with E-state index in [-0.39, 0.29) is 24.0 Å². The van der Waals surface area contributed by atoms with Crippen LogP contribution in [0.5, 0.6) is 5.75 Å². The number of likely N-dealkylation sites (tertiary alicyclic amines) is 1. The Hall–Kier alpha value is -1.06. The van der Waals surface area contributed by atoms with Crippen LogP contribution in [0.3, 0.4) is 0 Å². The minimum absolute atomic E-state index is 0. The number of ether oxygens (including phenoxy) is 2. The summed E-state index contributed by atoms with van der Waals surface area (Å²) in [6.07, 6.45) is 2.33. The van der Waals surface area contributed by atoms with Crippen LogP contribution in [-0.2, 0) is 11.3 Å². The molecule has 160 valence electrons. The molecule has 1 heterocycles. The number of methoxy groups -OCH3 is 1. The van der Waals surface area contributed by atoms with Crippen molar-refractivity contribution in [3.05, 3.63) is 29.8 Å². The second-order valence-corrected chi connectivity index (χ2v) is 7.48. The molecular weight excluding hydrogens is 467 g/mol. The van der Waals surface area contributed by atoms with E-state index >= 15 is 0 Å². The Morgan fingerprint density at radius 1 is 1.25 bits per heavy atom. The second-order valence-electron chi connectivity index (χ2n) is 7.48. The standard InChI is InChI=1S/C21H36N4O2.HI/c1-17(2)15-25-12-9-19(10-13-25)24-21(22-3)23-11-14-27-16-18-7-5-6-8-20(18)26-4;/h5-8,17,19H,9-16H2,1-4H3,(H2,22,23,24);1H. The van der Waals surface area contributed by atoms with Crippen molar-refractivity contribution in [1.29, 1.82) is 0 Å². The summed E-state index contributed by atoms with van der Waals surface area (Å²) >= 11 is 0. The van der Waals surface area contributed by atoms with Gasteiger partial charge in [-0.1, -0.05) is 32.0 Å². The summed E-state index contributed by atoms with van der Waals surface area (Å²) < 4.78 is 11.1. The Morgan fingerprint density at radius 2 is 1.96 bits per heavy atom. The zero-order chi connectivity index (χ0) is 19.5. The largest absolute Gasteiger partial charge is 0.496 e. The molecule has 0 spiro atoms. The number of hydrogen-bond donors (Lipinski definition) is 2. The lowest BCUT2D eigenvalue weighted by molar-refractivity contribution is 0.123. The average molecular weight is 504 g/mol. The van der Waals surface area contributed by atoms with E-state index in [4.69, 9.17) is 9.47 Å². The van der Waals surface area contributed by atoms with Gasteiger partial charge >= 0.3 is 0 Å². The van der Waals surface area contributed by atoms with Crippen LogP contribution >= 0.6 is 24.0 Å². The molecule has 1 aliphatic rings. The lowest BCUT2D eigenvalue weighted by atomic mass is 10.0. The van der Waals surface area contributed by atoms with Gasteiger partial charge in [0, 0.05) is 44.8 Å². The Kier molecular flexibility index (Phi) is 12.5. The fraction of sp³-hybridized carbons (Fsp3) is 0.667. The van der Waals surface area contributed by atoms with Gasteiger partial charge in [-0.2, -0.15) is 0 Å². The van der Waals surface area contributed by atoms with Crippen molar-refractivity contribution in [3.8, 4) is 5.75 Å². The van der Waals surface area contributed by atoms with E-state index in [1.807, 2.05) is 31.3 Å². The molecule has 2 rings (SSSR count). The summed E-state index contributed by atoms with van der Waals surface area (Å²) in [7, 11) is 3.50. The van der Waals surface area contributed by atoms with Gasteiger partial charge in [0.1, 0.15) is 5.75 Å². The van der Waals surface area contributed by atoms with E-state index in [9.17, 15) is 0 Å². The molecule has 2 N–H and O–H groups in total. The third-order valence-corrected chi connectivity index (χ3v) is 4.76. The summed E-state index contributed by atoms with van der Waals surface area (Å²) in [4.78, 5) is 6.90. The third kappa shape index (κ3) is 8.96. The fourth-order valence-corrected chi connectivity index (χ4v) is 3.41. The highest BCUT2D eigenvalue weighted by Gasteiger charge is 2.20. The lowest BCUT2D eigenvalue weighted by Crippen LogP contribution is -2.49. The van der Waals surface area contributed by atoms with Crippen molar-refractivity contribution >= 4 is 29.9 Å². The summed E-state index contributed by atoms with van der Waals surface area (Å²) in [5.41, 5.74) is 1.07. The van der Waals surface area contributed by atoms with E-state index in [1.165, 1.54) is 6.54 Å². The van der Waals surface area contributed by atoms with Gasteiger partial charge in [0.2, 0.25) is 0 Å². The van der Waals surface area contributed by atoms with Crippen molar-refractivity contribution in [2.45, 2.75) is 39.3 Å². The molecule has 1 aromatic rings. The molecule has 1 saturated heterocycles. The molecule has 0 aliphatic carbocycles. The minimum Gasteiger partial charge on any atom is -0.496 e. The number of halogens is 1. The molecule has 7 heteroatoms. The van der Waals surface area contributed by atoms with Crippen LogP contribution in [0.25, 0.3) is 0 Å². The number of hydrogen-bond acceptors (Lipinski definition) is 4. The molecule has 1 aliphatic heterocycles. The minimum atomic E-state index is 0. The van der Waals surface area contributed by atoms with Crippen LogP contribution in [0.15, 0.2) is 29.3 Å². The molecule has 0 atom stereocenters. The number of nitrogens with zero attached hydrogens (tertiary/aromatic N) is 2. The first kappa shape index (κ1) is 25.0. The predicted octanol–water partition coefficient (Wildman–Crippen LogP) is 3.12. The number of piperidine rings is 1. The maximum atomic E-state index is 5.77. The van der Waals surface area contributed by atoms with Crippen LogP contribution < -0.4 is 15.4 Å². The number of para-hydroxylation sites is 1. The highest BCUT2D eigenvalue weighted by atomic mass is 127. The number of rotatable bonds is 9. The van der Waals surface area contributed by atoms with Gasteiger partial charge < -0.3 is 25.0 Å². The van der Waals surface area contributed by atoms with E-state index in [0.717, 1.165) is 55.7 Å². The average Bonchev–Trinajstić information content (AvgIpc) is 2.68. The number of benzene rings is 1. The fourth-order valence-electron chi connectivity index (χ4n) is 3.41. The van der Waals surface area contributed by atoms with Crippen LogP contribution in [0, 0.1) is 5.92 Å². The predicted molar refractivity (Wildman–Crippen MR) is 127 cm³/mol. The highest BCUT2D eigenvalue weighted by Crippen LogP contribution is 2.17. The SMILES string of the molecule is CN=C(NCCOCc1ccccc1OC)NC1CCN(CC(C)C)CC1.I. The van der Waals surface area contributed by atoms with Crippen molar-refractivity contribution in [2.75, 3.05) is 46.9 Å². The Morgan fingerprint density at radius 3 is 2.61 bits per heavy atom. The first-order valence-corrected chi connectivity index (χ1v) is 10.0. The number of nitrogens with one attached hydrogen (secondary N) is 2. The molecule has 0 saturated carbocycles. The van der Waals surface area contributed by atoms with E-state index in [0.29, 0.717) is 19.3 Å². The highest BCUT2D eigenvalue weighted by molar-refractivity contribution is 14.0. The summed E-state index contributed by atoms with van der Waals surface area (Å²) in [6.45, 7) is 9.98. The van der Waals surface area contributed by atoms with Crippen LogP contribution in [0.1, 0.15) is 32.3 Å². The van der Waals surface area contributed by atoms with Gasteiger partial charge in [0.05, 0.1) is 20.3 Å². The molecule has 0 bridgehead atoms. The van der Waals surface area contributed by atoms with Gasteiger partial charge in [-0.3, -0.25) is 4.99 Å². The quantitative estimate of drug-likeness (QED) is 0.234. The molecule has 0 unspecified atom stereocenters. The van der Waals surface area contributed by atoms with Crippen molar-refractivity contribution < 1.29 is 9.47 Å². The Bertz CT molecular complexity index is 575. The monoisotopic (exact) mass is 504 g/mol. The molecule has 6 nitrogen and oxygen atoms in total. The molecule has 0 radical (unpaired) electrons. The topological polar surface area (TPSA) is 58.1 Å².